The summed E-state index contributed by atoms with van der Waals surface area (Å²) in [7, 11) is 0. The van der Waals surface area contributed by atoms with E-state index >= 15 is 0 Å². The summed E-state index contributed by atoms with van der Waals surface area (Å²) < 4.78 is 48.1. The van der Waals surface area contributed by atoms with E-state index in [9.17, 15) is 27.9 Å². The highest BCUT2D eigenvalue weighted by Crippen LogP contribution is 2.26. The number of alkyl halides is 3. The zero-order valence-electron chi connectivity index (χ0n) is 22.6. The van der Waals surface area contributed by atoms with Crippen molar-refractivity contribution < 1.29 is 27.8 Å². The smallest absolute Gasteiger partial charge is 0.382 e. The minimum Gasteiger partial charge on any atom is -0.382 e. The van der Waals surface area contributed by atoms with Gasteiger partial charge in [-0.1, -0.05) is 23.7 Å². The van der Waals surface area contributed by atoms with Crippen LogP contribution in [0.5, 0.6) is 0 Å². The van der Waals surface area contributed by atoms with Crippen LogP contribution in [0.4, 0.5) is 13.2 Å². The molecule has 1 N–H and O–H groups in total. The molecule has 11 nitrogen and oxygen atoms in total. The molecule has 0 spiro atoms. The minimum absolute atomic E-state index is 0.0940. The Kier molecular flexibility index (Phi) is 7.96. The van der Waals surface area contributed by atoms with Gasteiger partial charge >= 0.3 is 11.9 Å². The number of hydrogen-bond acceptors (Lipinski definition) is 7. The van der Waals surface area contributed by atoms with Crippen LogP contribution in [0.1, 0.15) is 30.0 Å². The fourth-order valence-electron chi connectivity index (χ4n) is 4.65. The number of aliphatic hydroxyl groups excluding tert-OH is 1. The van der Waals surface area contributed by atoms with E-state index in [2.05, 4.69) is 15.2 Å². The Morgan fingerprint density at radius 1 is 1.14 bits per heavy atom. The van der Waals surface area contributed by atoms with Crippen LogP contribution in [0.2, 0.25) is 5.02 Å². The van der Waals surface area contributed by atoms with Gasteiger partial charge in [-0.25, -0.2) is 19.1 Å². The van der Waals surface area contributed by atoms with Crippen LogP contribution in [0.3, 0.4) is 0 Å². The predicted octanol–water partition coefficient (Wildman–Crippen LogP) is 3.17. The number of nitrogens with zero attached hydrogens (tertiary/aromatic N) is 7. The maximum absolute atomic E-state index is 13.5. The number of para-hydroxylation sites is 1. The molecule has 1 atom stereocenters. The second-order valence-electron chi connectivity index (χ2n) is 10.4. The van der Waals surface area contributed by atoms with Gasteiger partial charge in [-0.2, -0.15) is 13.2 Å². The van der Waals surface area contributed by atoms with E-state index < -0.39 is 30.1 Å². The highest BCUT2D eigenvalue weighted by atomic mass is 35.5. The van der Waals surface area contributed by atoms with Gasteiger partial charge in [-0.05, 0) is 50.2 Å². The van der Waals surface area contributed by atoms with E-state index in [1.54, 1.807) is 29.2 Å². The molecule has 4 aromatic rings. The number of rotatable bonds is 7. The van der Waals surface area contributed by atoms with Crippen LogP contribution in [0.15, 0.2) is 59.7 Å². The van der Waals surface area contributed by atoms with E-state index in [4.69, 9.17) is 16.3 Å². The Morgan fingerprint density at radius 2 is 1.86 bits per heavy atom. The number of hydrogen-bond donors (Lipinski definition) is 1. The molecule has 0 saturated carbocycles. The second-order valence-corrected chi connectivity index (χ2v) is 10.8. The first-order valence-electron chi connectivity index (χ1n) is 12.9. The topological polar surface area (TPSA) is 120 Å². The molecule has 1 aliphatic rings. The lowest BCUT2D eigenvalue weighted by Gasteiger charge is -2.42. The number of aliphatic hydroxyl groups is 1. The van der Waals surface area contributed by atoms with Crippen LogP contribution in [-0.2, 0) is 17.8 Å². The third kappa shape index (κ3) is 5.96. The SMILES string of the molecule is CC1(C)COCCN1C(=O)c1ccccc1-n1cnc(Cn2nc(-c3ccc(Cl)cc3)n(C[C@H](O)C(F)(F)F)c2=O)n1. The average molecular weight is 606 g/mol. The molecule has 0 aliphatic carbocycles. The highest BCUT2D eigenvalue weighted by Gasteiger charge is 2.39. The first-order chi connectivity index (χ1) is 19.8. The largest absolute Gasteiger partial charge is 0.416 e. The molecule has 0 unspecified atom stereocenters. The lowest BCUT2D eigenvalue weighted by Crippen LogP contribution is -2.55. The van der Waals surface area contributed by atoms with Gasteiger partial charge in [0.25, 0.3) is 5.91 Å². The summed E-state index contributed by atoms with van der Waals surface area (Å²) in [4.78, 5) is 32.7. The zero-order chi connectivity index (χ0) is 30.2. The normalized spacial score (nSPS) is 16.0. The lowest BCUT2D eigenvalue weighted by atomic mass is 10.0. The molecule has 0 radical (unpaired) electrons. The number of amides is 1. The van der Waals surface area contributed by atoms with Crippen LogP contribution in [-0.4, -0.2) is 82.6 Å². The maximum Gasteiger partial charge on any atom is 0.416 e. The summed E-state index contributed by atoms with van der Waals surface area (Å²) in [6.45, 7) is 3.74. The van der Waals surface area contributed by atoms with Crippen LogP contribution >= 0.6 is 11.6 Å². The zero-order valence-corrected chi connectivity index (χ0v) is 23.4. The average Bonchev–Trinajstić information content (AvgIpc) is 3.53. The number of benzene rings is 2. The molecule has 5 rings (SSSR count). The Morgan fingerprint density at radius 3 is 2.55 bits per heavy atom. The van der Waals surface area contributed by atoms with Crippen molar-refractivity contribution in [1.29, 1.82) is 0 Å². The van der Waals surface area contributed by atoms with Crippen molar-refractivity contribution in [2.45, 2.75) is 44.8 Å². The summed E-state index contributed by atoms with van der Waals surface area (Å²) in [6, 6.07) is 12.9. The first-order valence-corrected chi connectivity index (χ1v) is 13.3. The molecule has 1 amide bonds. The van der Waals surface area contributed by atoms with Crippen molar-refractivity contribution in [3.63, 3.8) is 0 Å². The maximum atomic E-state index is 13.5. The number of morpholine rings is 1. The molecule has 1 aliphatic heterocycles. The van der Waals surface area contributed by atoms with E-state index in [-0.39, 0.29) is 24.1 Å². The molecule has 3 heterocycles. The summed E-state index contributed by atoms with van der Waals surface area (Å²) in [5.74, 6) is -0.181. The predicted molar refractivity (Wildman–Crippen MR) is 145 cm³/mol. The van der Waals surface area contributed by atoms with Crippen LogP contribution < -0.4 is 5.69 Å². The third-order valence-corrected chi connectivity index (χ3v) is 7.11. The van der Waals surface area contributed by atoms with Gasteiger partial charge in [0.2, 0.25) is 0 Å². The molecule has 0 bridgehead atoms. The van der Waals surface area contributed by atoms with Crippen molar-refractivity contribution in [2.75, 3.05) is 19.8 Å². The molecule has 15 heteroatoms. The molecule has 1 saturated heterocycles. The Hall–Kier alpha value is -4.01. The lowest BCUT2D eigenvalue weighted by molar-refractivity contribution is -0.207. The van der Waals surface area contributed by atoms with Crippen molar-refractivity contribution in [3.05, 3.63) is 81.8 Å². The van der Waals surface area contributed by atoms with E-state index in [0.717, 1.165) is 9.25 Å². The first kappa shape index (κ1) is 29.5. The van der Waals surface area contributed by atoms with E-state index in [1.807, 2.05) is 13.8 Å². The van der Waals surface area contributed by atoms with Gasteiger partial charge in [-0.3, -0.25) is 9.36 Å². The fourth-order valence-corrected chi connectivity index (χ4v) is 4.78. The number of aromatic nitrogens is 6. The standard InChI is InChI=1S/C27H27ClF3N7O4/c1-26(2)15-42-12-11-36(26)24(40)19-5-3-4-6-20(19)38-16-32-22(33-38)14-37-25(41)35(13-21(39)27(29,30)31)23(34-37)17-7-9-18(28)10-8-17/h3-10,16,21,39H,11-15H2,1-2H3/t21-/m0/s1. The summed E-state index contributed by atoms with van der Waals surface area (Å²) in [5.41, 5.74) is -0.253. The number of halogens is 4. The molecule has 2 aromatic heterocycles. The summed E-state index contributed by atoms with van der Waals surface area (Å²) in [5, 5.41) is 18.7. The highest BCUT2D eigenvalue weighted by molar-refractivity contribution is 6.30. The Labute approximate surface area is 242 Å². The van der Waals surface area contributed by atoms with Gasteiger partial charge < -0.3 is 14.7 Å². The number of carbonyl (C=O) groups excluding carboxylic acids is 1. The van der Waals surface area contributed by atoms with Gasteiger partial charge in [0, 0.05) is 17.1 Å². The van der Waals surface area contributed by atoms with Gasteiger partial charge in [0.1, 0.15) is 12.9 Å². The monoisotopic (exact) mass is 605 g/mol. The molecule has 42 heavy (non-hydrogen) atoms. The minimum atomic E-state index is -4.94. The van der Waals surface area contributed by atoms with E-state index in [1.165, 1.54) is 35.3 Å². The van der Waals surface area contributed by atoms with Crippen molar-refractivity contribution >= 4 is 17.5 Å². The molecule has 2 aromatic carbocycles. The Balaban J connectivity index is 1.46. The van der Waals surface area contributed by atoms with Crippen molar-refractivity contribution in [1.82, 2.24) is 34.0 Å². The van der Waals surface area contributed by atoms with Crippen LogP contribution in [0.25, 0.3) is 17.1 Å². The fraction of sp³-hybridized carbons (Fsp3) is 0.370. The third-order valence-electron chi connectivity index (χ3n) is 6.86. The van der Waals surface area contributed by atoms with Crippen LogP contribution in [0, 0.1) is 0 Å². The number of ether oxygens (including phenoxy) is 1. The van der Waals surface area contributed by atoms with Crippen molar-refractivity contribution in [2.24, 2.45) is 0 Å². The summed E-state index contributed by atoms with van der Waals surface area (Å²) in [6.07, 6.45) is -6.36. The van der Waals surface area contributed by atoms with Gasteiger partial charge in [0.15, 0.2) is 17.8 Å². The molecule has 222 valence electrons. The second kappa shape index (κ2) is 11.3. The number of carbonyl (C=O) groups is 1. The van der Waals surface area contributed by atoms with Gasteiger partial charge in [0.05, 0.1) is 36.5 Å². The molecular formula is C27H27ClF3N7O4. The molecular weight excluding hydrogens is 579 g/mol. The Bertz CT molecular complexity index is 1650. The molecule has 1 fully saturated rings. The van der Waals surface area contributed by atoms with Crippen molar-refractivity contribution in [3.8, 4) is 17.1 Å². The summed E-state index contributed by atoms with van der Waals surface area (Å²) >= 11 is 5.94. The van der Waals surface area contributed by atoms with Gasteiger partial charge in [-0.15, -0.1) is 10.2 Å². The van der Waals surface area contributed by atoms with E-state index in [0.29, 0.717) is 41.6 Å². The quantitative estimate of drug-likeness (QED) is 0.344.